The van der Waals surface area contributed by atoms with E-state index >= 15 is 0 Å². The molecule has 0 bridgehead atoms. The van der Waals surface area contributed by atoms with Crippen molar-refractivity contribution in [3.8, 4) is 0 Å². The quantitative estimate of drug-likeness (QED) is 0.406. The normalized spacial score (nSPS) is 16.1. The minimum Gasteiger partial charge on any atom is -0.307 e. The van der Waals surface area contributed by atoms with E-state index in [4.69, 9.17) is 9.05 Å². The summed E-state index contributed by atoms with van der Waals surface area (Å²) in [6, 6.07) is 9.44. The molecule has 10 radical (unpaired) electrons. The van der Waals surface area contributed by atoms with Gasteiger partial charge in [0.25, 0.3) is 0 Å². The molecule has 0 heterocycles. The van der Waals surface area contributed by atoms with Gasteiger partial charge in [0.05, 0.1) is 13.2 Å². The van der Waals surface area contributed by atoms with Gasteiger partial charge in [0.1, 0.15) is 0 Å². The standard InChI is InChI=1S/C12H16O3P.2C5H5.Zr/c1-3-14-16(13,15-4-2)11-10-12-8-6-5-7-9-12;2*1-2-4-5-3-1;/h5-9,11H,3-4H2,1-2H3;2*1-5H;/q-1;;;. The van der Waals surface area contributed by atoms with Crippen LogP contribution in [-0.2, 0) is 39.8 Å². The van der Waals surface area contributed by atoms with Gasteiger partial charge in [-0.2, -0.15) is 23.8 Å². The van der Waals surface area contributed by atoms with Crippen LogP contribution in [-0.4, -0.2) is 13.2 Å². The molecule has 0 amide bonds. The van der Waals surface area contributed by atoms with Gasteiger partial charge in [0.15, 0.2) is 0 Å². The van der Waals surface area contributed by atoms with E-state index in [-0.39, 0.29) is 26.2 Å². The Hall–Kier alpha value is -0.00688. The fourth-order valence-electron chi connectivity index (χ4n) is 1.80. The van der Waals surface area contributed by atoms with Crippen LogP contribution in [0.15, 0.2) is 36.1 Å². The maximum atomic E-state index is 12.0. The van der Waals surface area contributed by atoms with Crippen molar-refractivity contribution < 1.29 is 39.8 Å². The summed E-state index contributed by atoms with van der Waals surface area (Å²) in [5.74, 6) is 1.38. The summed E-state index contributed by atoms with van der Waals surface area (Å²) in [5, 5.41) is 0. The van der Waals surface area contributed by atoms with Crippen molar-refractivity contribution in [2.75, 3.05) is 13.2 Å². The second-order valence-corrected chi connectivity index (χ2v) is 6.79. The van der Waals surface area contributed by atoms with Crippen LogP contribution in [0.2, 0.25) is 0 Å². The van der Waals surface area contributed by atoms with Crippen LogP contribution >= 0.6 is 7.60 Å². The molecule has 3 rings (SSSR count). The average molecular weight is 461 g/mol. The van der Waals surface area contributed by atoms with Crippen molar-refractivity contribution in [2.45, 2.75) is 13.8 Å². The molecule has 5 heteroatoms. The van der Waals surface area contributed by atoms with Crippen LogP contribution in [0, 0.1) is 70.3 Å². The van der Waals surface area contributed by atoms with Crippen molar-refractivity contribution in [2.24, 2.45) is 0 Å². The van der Waals surface area contributed by atoms with Gasteiger partial charge in [-0.15, -0.1) is 12.1 Å². The summed E-state index contributed by atoms with van der Waals surface area (Å²) >= 11 is 0. The number of hydrogen-bond acceptors (Lipinski definition) is 3. The molecule has 27 heavy (non-hydrogen) atoms. The topological polar surface area (TPSA) is 35.5 Å². The van der Waals surface area contributed by atoms with Gasteiger partial charge < -0.3 is 9.05 Å². The Labute approximate surface area is 186 Å². The molecule has 3 nitrogen and oxygen atoms in total. The summed E-state index contributed by atoms with van der Waals surface area (Å²) in [7, 11) is -3.12. The third kappa shape index (κ3) is 14.6. The molecule has 0 aromatic heterocycles. The molecule has 2 saturated carbocycles. The summed E-state index contributed by atoms with van der Waals surface area (Å²) in [6.07, 6.45) is 22.9. The molecule has 0 saturated heterocycles. The van der Waals surface area contributed by atoms with E-state index in [2.05, 4.69) is 6.08 Å². The minimum absolute atomic E-state index is 0. The molecule has 2 aliphatic rings. The van der Waals surface area contributed by atoms with Crippen LogP contribution < -0.4 is 0 Å². The van der Waals surface area contributed by atoms with Gasteiger partial charge in [-0.25, -0.2) is 0 Å². The summed E-state index contributed by atoms with van der Waals surface area (Å²) in [6.45, 7) is 4.26. The van der Waals surface area contributed by atoms with Gasteiger partial charge >= 0.3 is 7.60 Å². The van der Waals surface area contributed by atoms with E-state index in [0.717, 1.165) is 5.56 Å². The molecule has 142 valence electrons. The Morgan fingerprint density at radius 3 is 1.48 bits per heavy atom. The zero-order valence-corrected chi connectivity index (χ0v) is 19.2. The van der Waals surface area contributed by atoms with Crippen molar-refractivity contribution in [3.05, 3.63) is 112 Å². The average Bonchev–Trinajstić information content (AvgIpc) is 3.40. The van der Waals surface area contributed by atoms with Gasteiger partial charge in [0, 0.05) is 26.2 Å². The maximum absolute atomic E-state index is 12.0. The van der Waals surface area contributed by atoms with Crippen molar-refractivity contribution >= 4 is 7.60 Å². The Morgan fingerprint density at radius 1 is 0.778 bits per heavy atom. The predicted octanol–water partition coefficient (Wildman–Crippen LogP) is 5.66. The molecule has 2 fully saturated rings. The first-order chi connectivity index (χ1) is 12.7. The second-order valence-electron chi connectivity index (χ2n) is 4.94. The van der Waals surface area contributed by atoms with Crippen LogP contribution in [0.25, 0.3) is 0 Å². The molecule has 0 spiro atoms. The second kappa shape index (κ2) is 18.0. The van der Waals surface area contributed by atoms with Crippen LogP contribution in [0.4, 0.5) is 0 Å². The van der Waals surface area contributed by atoms with Crippen molar-refractivity contribution in [3.63, 3.8) is 0 Å². The third-order valence-electron chi connectivity index (χ3n) is 2.89. The Bertz CT molecular complexity index is 476. The largest absolute Gasteiger partial charge is 0.341 e. The Balaban J connectivity index is 0.000000496. The molecule has 0 atom stereocenters. The predicted molar refractivity (Wildman–Crippen MR) is 107 cm³/mol. The van der Waals surface area contributed by atoms with E-state index in [1.807, 2.05) is 94.5 Å². The first-order valence-corrected chi connectivity index (χ1v) is 10.2. The molecular weight excluding hydrogens is 434 g/mol. The van der Waals surface area contributed by atoms with Crippen LogP contribution in [0.1, 0.15) is 19.4 Å². The fraction of sp³-hybridized carbons (Fsp3) is 0.182. The molecule has 1 aromatic carbocycles. The first-order valence-electron chi connectivity index (χ1n) is 8.58. The summed E-state index contributed by atoms with van der Waals surface area (Å²) in [4.78, 5) is 0. The number of hydrogen-bond donors (Lipinski definition) is 0. The number of rotatable bonds is 6. The maximum Gasteiger partial charge on any atom is 0.341 e. The Kier molecular flexibility index (Phi) is 18.0. The van der Waals surface area contributed by atoms with E-state index in [9.17, 15) is 4.57 Å². The summed E-state index contributed by atoms with van der Waals surface area (Å²) in [5.41, 5.74) is 0.849. The first kappa shape index (κ1) is 27.0. The molecular formula is C22H26O3PZr-. The number of benzene rings is 1. The molecule has 0 aliphatic heterocycles. The fourth-order valence-corrected chi connectivity index (χ4v) is 3.05. The molecule has 1 aromatic rings. The smallest absolute Gasteiger partial charge is 0.307 e. The molecule has 0 unspecified atom stereocenters. The van der Waals surface area contributed by atoms with Gasteiger partial charge in [-0.3, -0.25) is 4.57 Å². The molecule has 0 N–H and O–H groups in total. The monoisotopic (exact) mass is 459 g/mol. The zero-order chi connectivity index (χ0) is 18.9. The van der Waals surface area contributed by atoms with E-state index in [0.29, 0.717) is 13.2 Å². The SMILES string of the molecule is CCOP(=O)(C=[C-]c1ccccc1)OCC.[CH]1[CH][CH][CH][CH]1.[CH]1[CH][CH][CH][CH]1.[Zr]. The van der Waals surface area contributed by atoms with Gasteiger partial charge in [-0.1, -0.05) is 6.07 Å². The summed E-state index contributed by atoms with van der Waals surface area (Å²) < 4.78 is 22.2. The molecule has 2 aliphatic carbocycles. The minimum atomic E-state index is -3.12. The van der Waals surface area contributed by atoms with Gasteiger partial charge in [-0.05, 0) is 83.9 Å². The Morgan fingerprint density at radius 2 is 1.15 bits per heavy atom. The van der Waals surface area contributed by atoms with Gasteiger partial charge in [0.2, 0.25) is 0 Å². The van der Waals surface area contributed by atoms with Crippen molar-refractivity contribution in [1.82, 2.24) is 0 Å². The van der Waals surface area contributed by atoms with E-state index < -0.39 is 7.60 Å². The zero-order valence-electron chi connectivity index (χ0n) is 15.8. The van der Waals surface area contributed by atoms with Crippen molar-refractivity contribution in [1.29, 1.82) is 0 Å². The van der Waals surface area contributed by atoms with E-state index in [1.54, 1.807) is 13.8 Å². The van der Waals surface area contributed by atoms with E-state index in [1.165, 1.54) is 5.82 Å². The third-order valence-corrected chi connectivity index (χ3v) is 4.57. The van der Waals surface area contributed by atoms with Crippen LogP contribution in [0.5, 0.6) is 0 Å². The van der Waals surface area contributed by atoms with Crippen LogP contribution in [0.3, 0.4) is 0 Å².